The number of nitrogens with zero attached hydrogens (tertiary/aromatic N) is 1. The molecule has 2 N–H and O–H groups in total. The number of hydrogen-bond donors (Lipinski definition) is 2. The molecule has 2 aliphatic rings. The number of benzene rings is 1. The second-order valence-electron chi connectivity index (χ2n) is 6.40. The molecule has 0 saturated carbocycles. The molecule has 6 nitrogen and oxygen atoms in total. The van der Waals surface area contributed by atoms with Gasteiger partial charge in [-0.25, -0.2) is 0 Å². The van der Waals surface area contributed by atoms with Gasteiger partial charge >= 0.3 is 8.60 Å². The Morgan fingerprint density at radius 3 is 2.62 bits per heavy atom. The minimum atomic E-state index is -2.36. The van der Waals surface area contributed by atoms with Gasteiger partial charge in [0.15, 0.2) is 11.5 Å². The van der Waals surface area contributed by atoms with Crippen molar-refractivity contribution in [3.05, 3.63) is 35.6 Å². The van der Waals surface area contributed by atoms with E-state index >= 15 is 0 Å². The van der Waals surface area contributed by atoms with E-state index in [0.717, 1.165) is 30.9 Å². The van der Waals surface area contributed by atoms with E-state index in [1.807, 2.05) is 12.1 Å². The minimum absolute atomic E-state index is 0.0190. The van der Waals surface area contributed by atoms with E-state index < -0.39 is 8.60 Å². The second kappa shape index (κ2) is 6.89. The molecule has 1 aliphatic heterocycles. The third-order valence-corrected chi connectivity index (χ3v) is 5.72. The topological polar surface area (TPSA) is 71.4 Å². The third-order valence-electron chi connectivity index (χ3n) is 5.33. The van der Waals surface area contributed by atoms with Gasteiger partial charge in [0.2, 0.25) is 0 Å². The highest BCUT2D eigenvalue weighted by atomic mass is 31.2. The molecule has 0 amide bonds. The Morgan fingerprint density at radius 1 is 1.21 bits per heavy atom. The van der Waals surface area contributed by atoms with Crippen LogP contribution in [-0.2, 0) is 9.94 Å². The molecular weight excluding hydrogens is 329 g/mol. The van der Waals surface area contributed by atoms with Crippen LogP contribution in [-0.4, -0.2) is 48.5 Å². The van der Waals surface area contributed by atoms with Crippen molar-refractivity contribution in [3.63, 3.8) is 0 Å². The summed E-state index contributed by atoms with van der Waals surface area (Å²) < 4.78 is 16.0. The van der Waals surface area contributed by atoms with Gasteiger partial charge in [-0.15, -0.1) is 0 Å². The predicted molar refractivity (Wildman–Crippen MR) is 92.0 cm³/mol. The van der Waals surface area contributed by atoms with Crippen molar-refractivity contribution in [2.45, 2.75) is 30.7 Å². The number of hydrogen-bond acceptors (Lipinski definition) is 6. The van der Waals surface area contributed by atoms with E-state index in [0.29, 0.717) is 12.2 Å². The fourth-order valence-electron chi connectivity index (χ4n) is 4.06. The maximum atomic E-state index is 9.13. The molecule has 2 unspecified atom stereocenters. The highest BCUT2D eigenvalue weighted by Crippen LogP contribution is 2.50. The predicted octanol–water partition coefficient (Wildman–Crippen LogP) is 2.55. The maximum Gasteiger partial charge on any atom is 0.391 e. The normalized spacial score (nSPS) is 26.9. The fraction of sp³-hybridized carbons (Fsp3) is 0.529. The largest absolute Gasteiger partial charge is 0.493 e. The number of methoxy groups -OCH3 is 2. The Bertz CT molecular complexity index is 635. The van der Waals surface area contributed by atoms with Crippen molar-refractivity contribution in [1.82, 2.24) is 4.90 Å². The zero-order valence-electron chi connectivity index (χ0n) is 14.2. The first-order valence-corrected chi connectivity index (χ1v) is 9.14. The zero-order valence-corrected chi connectivity index (χ0v) is 15.1. The van der Waals surface area contributed by atoms with Gasteiger partial charge in [0.1, 0.15) is 5.76 Å². The van der Waals surface area contributed by atoms with Gasteiger partial charge in [0, 0.05) is 17.9 Å². The van der Waals surface area contributed by atoms with Crippen LogP contribution in [0.3, 0.4) is 0 Å². The Hall–Kier alpha value is -1.33. The van der Waals surface area contributed by atoms with Crippen LogP contribution in [0.4, 0.5) is 0 Å². The van der Waals surface area contributed by atoms with Gasteiger partial charge in [0.25, 0.3) is 0 Å². The summed E-state index contributed by atoms with van der Waals surface area (Å²) in [7, 11) is 3.03. The molecule has 1 aromatic carbocycles. The van der Waals surface area contributed by atoms with Crippen LogP contribution < -0.4 is 9.47 Å². The molecule has 1 aliphatic carbocycles. The van der Waals surface area contributed by atoms with Crippen molar-refractivity contribution in [1.29, 1.82) is 0 Å². The molecule has 0 aromatic heterocycles. The van der Waals surface area contributed by atoms with Gasteiger partial charge in [-0.05, 0) is 50.2 Å². The lowest BCUT2D eigenvalue weighted by Gasteiger charge is -2.41. The second-order valence-corrected chi connectivity index (χ2v) is 7.08. The highest BCUT2D eigenvalue weighted by molar-refractivity contribution is 7.39. The molecule has 0 radical (unpaired) electrons. The summed E-state index contributed by atoms with van der Waals surface area (Å²) in [5, 5.41) is 0. The lowest BCUT2D eigenvalue weighted by atomic mass is 9.68. The van der Waals surface area contributed by atoms with Gasteiger partial charge in [-0.3, -0.25) is 0 Å². The van der Waals surface area contributed by atoms with E-state index in [1.54, 1.807) is 14.2 Å². The van der Waals surface area contributed by atoms with Crippen LogP contribution in [0.5, 0.6) is 11.5 Å². The number of allylic oxidation sites excluding steroid dienone is 1. The summed E-state index contributed by atoms with van der Waals surface area (Å²) in [6.45, 7) is 0.993. The third kappa shape index (κ3) is 3.00. The smallest absolute Gasteiger partial charge is 0.391 e. The molecule has 7 heteroatoms. The van der Waals surface area contributed by atoms with Crippen LogP contribution >= 0.6 is 8.60 Å². The molecule has 1 fully saturated rings. The number of rotatable bonds is 5. The molecule has 1 saturated heterocycles. The SMILES string of the molecule is COc1ccc(C23CC=C(OP(O)O)CC2N(C)CC3)cc1OC. The summed E-state index contributed by atoms with van der Waals surface area (Å²) in [6.07, 6.45) is 4.51. The fourth-order valence-corrected chi connectivity index (χ4v) is 4.42. The van der Waals surface area contributed by atoms with E-state index in [9.17, 15) is 0 Å². The Morgan fingerprint density at radius 2 is 1.96 bits per heavy atom. The summed E-state index contributed by atoms with van der Waals surface area (Å²) >= 11 is 0. The molecular formula is C17H24NO5P. The first-order valence-electron chi connectivity index (χ1n) is 7.98. The lowest BCUT2D eigenvalue weighted by Crippen LogP contribution is -2.43. The van der Waals surface area contributed by atoms with Crippen LogP contribution in [0.25, 0.3) is 0 Å². The molecule has 24 heavy (non-hydrogen) atoms. The zero-order chi connectivity index (χ0) is 17.3. The van der Waals surface area contributed by atoms with Crippen molar-refractivity contribution in [3.8, 4) is 11.5 Å². The molecule has 0 spiro atoms. The monoisotopic (exact) mass is 353 g/mol. The van der Waals surface area contributed by atoms with Gasteiger partial charge in [0.05, 0.1) is 14.2 Å². The number of ether oxygens (including phenoxy) is 2. The van der Waals surface area contributed by atoms with Crippen LogP contribution in [0, 0.1) is 0 Å². The quantitative estimate of drug-likeness (QED) is 0.793. The molecule has 1 heterocycles. The van der Waals surface area contributed by atoms with E-state index in [-0.39, 0.29) is 11.5 Å². The summed E-state index contributed by atoms with van der Waals surface area (Å²) in [4.78, 5) is 20.6. The first-order chi connectivity index (χ1) is 11.5. The highest BCUT2D eigenvalue weighted by Gasteiger charge is 2.49. The van der Waals surface area contributed by atoms with E-state index in [2.05, 4.69) is 24.1 Å². The van der Waals surface area contributed by atoms with Crippen LogP contribution in [0.15, 0.2) is 30.0 Å². The van der Waals surface area contributed by atoms with E-state index in [1.165, 1.54) is 5.56 Å². The molecule has 132 valence electrons. The van der Waals surface area contributed by atoms with Crippen molar-refractivity contribution in [2.24, 2.45) is 0 Å². The number of likely N-dealkylation sites (N-methyl/N-ethyl adjacent to an activating group) is 1. The average molecular weight is 353 g/mol. The van der Waals surface area contributed by atoms with Crippen molar-refractivity contribution >= 4 is 8.60 Å². The number of likely N-dealkylation sites (tertiary alicyclic amines) is 1. The van der Waals surface area contributed by atoms with Crippen molar-refractivity contribution < 1.29 is 23.8 Å². The maximum absolute atomic E-state index is 9.13. The summed E-state index contributed by atoms with van der Waals surface area (Å²) in [5.41, 5.74) is 1.20. The molecule has 3 rings (SSSR count). The van der Waals surface area contributed by atoms with Crippen LogP contribution in [0.2, 0.25) is 0 Å². The Kier molecular flexibility index (Phi) is 5.02. The van der Waals surface area contributed by atoms with Gasteiger partial charge in [-0.2, -0.15) is 0 Å². The minimum Gasteiger partial charge on any atom is -0.493 e. The van der Waals surface area contributed by atoms with Crippen LogP contribution in [0.1, 0.15) is 24.8 Å². The standard InChI is InChI=1S/C17H24NO5P/c1-18-9-8-17(7-6-13(11-16(17)18)23-24(19)20)12-4-5-14(21-2)15(10-12)22-3/h4-6,10,16,19-20H,7-9,11H2,1-3H3. The van der Waals surface area contributed by atoms with Gasteiger partial charge < -0.3 is 28.7 Å². The van der Waals surface area contributed by atoms with E-state index in [4.69, 9.17) is 23.8 Å². The Labute approximate surface area is 143 Å². The molecule has 0 bridgehead atoms. The van der Waals surface area contributed by atoms with Crippen molar-refractivity contribution in [2.75, 3.05) is 27.8 Å². The lowest BCUT2D eigenvalue weighted by molar-refractivity contribution is 0.196. The molecule has 1 aromatic rings. The Balaban J connectivity index is 1.97. The average Bonchev–Trinajstić information content (AvgIpc) is 2.91. The van der Waals surface area contributed by atoms with Gasteiger partial charge in [-0.1, -0.05) is 6.07 Å². The number of fused-ring (bicyclic) bond motifs is 1. The first kappa shape index (κ1) is 17.5. The summed E-state index contributed by atoms with van der Waals surface area (Å²) in [5.74, 6) is 2.13. The molecule has 2 atom stereocenters. The summed E-state index contributed by atoms with van der Waals surface area (Å²) in [6, 6.07) is 6.38.